The number of amides is 1. The lowest BCUT2D eigenvalue weighted by Crippen LogP contribution is -2.42. The zero-order chi connectivity index (χ0) is 14.9. The van der Waals surface area contributed by atoms with E-state index in [2.05, 4.69) is 24.0 Å². The van der Waals surface area contributed by atoms with E-state index in [1.165, 1.54) is 11.1 Å². The first-order valence-corrected chi connectivity index (χ1v) is 7.20. The molecule has 1 aromatic carbocycles. The van der Waals surface area contributed by atoms with Crippen molar-refractivity contribution < 1.29 is 4.79 Å². The Morgan fingerprint density at radius 1 is 1.40 bits per heavy atom. The molecule has 0 aromatic heterocycles. The molecule has 0 radical (unpaired) electrons. The smallest absolute Gasteiger partial charge is 0.224 e. The number of aryl methyl sites for hydroxylation is 1. The second-order valence-corrected chi connectivity index (χ2v) is 6.31. The second kappa shape index (κ2) is 5.54. The molecule has 1 aromatic rings. The average molecular weight is 275 g/mol. The number of nitrogens with zero attached hydrogens (tertiary/aromatic N) is 1. The largest absolute Gasteiger partial charge is 0.369 e. The van der Waals surface area contributed by atoms with Gasteiger partial charge in [0.05, 0.1) is 5.41 Å². The van der Waals surface area contributed by atoms with Crippen LogP contribution in [-0.4, -0.2) is 29.9 Å². The van der Waals surface area contributed by atoms with Crippen LogP contribution in [0.4, 0.5) is 0 Å². The van der Waals surface area contributed by atoms with Crippen LogP contribution in [0, 0.1) is 12.3 Å². The Morgan fingerprint density at radius 3 is 2.55 bits per heavy atom. The van der Waals surface area contributed by atoms with Crippen LogP contribution in [0.2, 0.25) is 0 Å². The van der Waals surface area contributed by atoms with Crippen molar-refractivity contribution in [3.05, 3.63) is 35.4 Å². The minimum Gasteiger partial charge on any atom is -0.369 e. The van der Waals surface area contributed by atoms with E-state index in [0.717, 1.165) is 13.0 Å². The van der Waals surface area contributed by atoms with Gasteiger partial charge in [-0.15, -0.1) is 0 Å². The van der Waals surface area contributed by atoms with Gasteiger partial charge >= 0.3 is 0 Å². The van der Waals surface area contributed by atoms with E-state index in [-0.39, 0.29) is 18.0 Å². The van der Waals surface area contributed by atoms with Crippen LogP contribution < -0.4 is 11.5 Å². The number of hydrogen-bond acceptors (Lipinski definition) is 3. The highest BCUT2D eigenvalue weighted by molar-refractivity contribution is 5.81. The predicted molar refractivity (Wildman–Crippen MR) is 81.1 cm³/mol. The summed E-state index contributed by atoms with van der Waals surface area (Å²) in [6.07, 6.45) is 0.803. The van der Waals surface area contributed by atoms with Gasteiger partial charge in [0.15, 0.2) is 0 Å². The fourth-order valence-corrected chi connectivity index (χ4v) is 3.17. The minimum atomic E-state index is -0.435. The van der Waals surface area contributed by atoms with Crippen LogP contribution in [0.3, 0.4) is 0 Å². The molecule has 0 saturated carbocycles. The molecule has 3 atom stereocenters. The number of carbonyl (C=O) groups excluding carboxylic acids is 1. The molecular formula is C16H25N3O. The molecule has 20 heavy (non-hydrogen) atoms. The Hall–Kier alpha value is -1.39. The Bertz CT molecular complexity index is 500. The molecule has 4 nitrogen and oxygen atoms in total. The fraction of sp³-hybridized carbons (Fsp3) is 0.562. The van der Waals surface area contributed by atoms with Gasteiger partial charge in [0, 0.05) is 18.6 Å². The summed E-state index contributed by atoms with van der Waals surface area (Å²) in [6.45, 7) is 7.62. The minimum absolute atomic E-state index is 0.00586. The maximum Gasteiger partial charge on any atom is 0.224 e. The van der Waals surface area contributed by atoms with E-state index in [1.807, 2.05) is 26.0 Å². The maximum absolute atomic E-state index is 11.6. The van der Waals surface area contributed by atoms with Crippen molar-refractivity contribution in [1.82, 2.24) is 4.90 Å². The van der Waals surface area contributed by atoms with Crippen molar-refractivity contribution in [3.63, 3.8) is 0 Å². The molecule has 2 rings (SSSR count). The summed E-state index contributed by atoms with van der Waals surface area (Å²) in [5.74, 6) is -0.215. The quantitative estimate of drug-likeness (QED) is 0.876. The van der Waals surface area contributed by atoms with Crippen molar-refractivity contribution in [2.45, 2.75) is 39.3 Å². The molecule has 3 unspecified atom stereocenters. The summed E-state index contributed by atoms with van der Waals surface area (Å²) in [5, 5.41) is 0. The highest BCUT2D eigenvalue weighted by atomic mass is 16.1. The summed E-state index contributed by atoms with van der Waals surface area (Å²) >= 11 is 0. The number of nitrogens with two attached hydrogens (primary N) is 2. The Morgan fingerprint density at radius 2 is 2.05 bits per heavy atom. The topological polar surface area (TPSA) is 72.3 Å². The molecule has 0 spiro atoms. The molecule has 0 bridgehead atoms. The van der Waals surface area contributed by atoms with Gasteiger partial charge < -0.3 is 11.5 Å². The Balaban J connectivity index is 2.28. The van der Waals surface area contributed by atoms with Crippen LogP contribution in [0.15, 0.2) is 24.3 Å². The molecular weight excluding hydrogens is 250 g/mol. The number of primary amides is 1. The van der Waals surface area contributed by atoms with Gasteiger partial charge in [0.1, 0.15) is 0 Å². The number of benzene rings is 1. The zero-order valence-corrected chi connectivity index (χ0v) is 12.6. The molecule has 4 heteroatoms. The lowest BCUT2D eigenvalue weighted by molar-refractivity contribution is -0.126. The van der Waals surface area contributed by atoms with Crippen molar-refractivity contribution in [2.75, 3.05) is 13.1 Å². The first-order chi connectivity index (χ1) is 9.35. The Labute approximate surface area is 121 Å². The van der Waals surface area contributed by atoms with Crippen molar-refractivity contribution in [1.29, 1.82) is 0 Å². The number of hydrogen-bond donors (Lipinski definition) is 2. The normalized spacial score (nSPS) is 26.4. The van der Waals surface area contributed by atoms with E-state index in [4.69, 9.17) is 11.5 Å². The number of rotatable bonds is 4. The van der Waals surface area contributed by atoms with Gasteiger partial charge in [0.25, 0.3) is 0 Å². The summed E-state index contributed by atoms with van der Waals surface area (Å²) in [7, 11) is 0. The number of carbonyl (C=O) groups is 1. The van der Waals surface area contributed by atoms with Gasteiger partial charge in [0.2, 0.25) is 5.91 Å². The first kappa shape index (κ1) is 15.0. The SMILES string of the molecule is Cc1ccccc1C(C(C)N)N1CCC(C)(C(N)=O)C1. The zero-order valence-electron chi connectivity index (χ0n) is 12.6. The van der Waals surface area contributed by atoms with Crippen molar-refractivity contribution >= 4 is 5.91 Å². The molecule has 1 amide bonds. The molecule has 4 N–H and O–H groups in total. The average Bonchev–Trinajstić information content (AvgIpc) is 2.76. The van der Waals surface area contributed by atoms with E-state index in [1.54, 1.807) is 0 Å². The molecule has 1 heterocycles. The summed E-state index contributed by atoms with van der Waals surface area (Å²) in [5.41, 5.74) is 13.8. The van der Waals surface area contributed by atoms with E-state index >= 15 is 0 Å². The van der Waals surface area contributed by atoms with Crippen LogP contribution in [-0.2, 0) is 4.79 Å². The van der Waals surface area contributed by atoms with Crippen molar-refractivity contribution in [2.24, 2.45) is 16.9 Å². The second-order valence-electron chi connectivity index (χ2n) is 6.31. The van der Waals surface area contributed by atoms with Gasteiger partial charge in [-0.25, -0.2) is 0 Å². The Kier molecular flexibility index (Phi) is 4.16. The molecule has 0 aliphatic carbocycles. The van der Waals surface area contributed by atoms with E-state index < -0.39 is 5.41 Å². The molecule has 1 fully saturated rings. The summed E-state index contributed by atoms with van der Waals surface area (Å²) in [6, 6.07) is 8.45. The maximum atomic E-state index is 11.6. The summed E-state index contributed by atoms with van der Waals surface area (Å²) < 4.78 is 0. The van der Waals surface area contributed by atoms with Crippen LogP contribution >= 0.6 is 0 Å². The standard InChI is InChI=1S/C16H25N3O/c1-11-6-4-5-7-13(11)14(12(2)17)19-9-8-16(3,10-19)15(18)20/h4-7,12,14H,8-10,17H2,1-3H3,(H2,18,20). The lowest BCUT2D eigenvalue weighted by Gasteiger charge is -2.33. The van der Waals surface area contributed by atoms with E-state index in [9.17, 15) is 4.79 Å². The van der Waals surface area contributed by atoms with Gasteiger partial charge in [-0.05, 0) is 44.9 Å². The summed E-state index contributed by atoms with van der Waals surface area (Å²) in [4.78, 5) is 13.9. The van der Waals surface area contributed by atoms with Gasteiger partial charge in [-0.3, -0.25) is 9.69 Å². The number of likely N-dealkylation sites (tertiary alicyclic amines) is 1. The first-order valence-electron chi connectivity index (χ1n) is 7.20. The van der Waals surface area contributed by atoms with Gasteiger partial charge in [-0.1, -0.05) is 24.3 Å². The monoisotopic (exact) mass is 275 g/mol. The molecule has 1 aliphatic rings. The van der Waals surface area contributed by atoms with Crippen LogP contribution in [0.5, 0.6) is 0 Å². The van der Waals surface area contributed by atoms with Crippen LogP contribution in [0.25, 0.3) is 0 Å². The third-order valence-electron chi connectivity index (χ3n) is 4.50. The van der Waals surface area contributed by atoms with Crippen LogP contribution in [0.1, 0.15) is 37.4 Å². The molecule has 1 aliphatic heterocycles. The highest BCUT2D eigenvalue weighted by Crippen LogP contribution is 2.36. The third-order valence-corrected chi connectivity index (χ3v) is 4.50. The molecule has 1 saturated heterocycles. The van der Waals surface area contributed by atoms with E-state index in [0.29, 0.717) is 6.54 Å². The molecule has 110 valence electrons. The highest BCUT2D eigenvalue weighted by Gasteiger charge is 2.42. The van der Waals surface area contributed by atoms with Gasteiger partial charge in [-0.2, -0.15) is 0 Å². The third kappa shape index (κ3) is 2.72. The lowest BCUT2D eigenvalue weighted by atomic mass is 9.89. The predicted octanol–water partition coefficient (Wildman–Crippen LogP) is 1.58. The van der Waals surface area contributed by atoms with Crippen molar-refractivity contribution in [3.8, 4) is 0 Å². The fourth-order valence-electron chi connectivity index (χ4n) is 3.17.